The van der Waals surface area contributed by atoms with Crippen LogP contribution in [0.15, 0.2) is 51.1 Å². The number of rotatable bonds is 2. The third kappa shape index (κ3) is 3.38. The summed E-state index contributed by atoms with van der Waals surface area (Å²) in [5.41, 5.74) is 0.441. The second-order valence-electron chi connectivity index (χ2n) is 4.25. The second kappa shape index (κ2) is 6.57. The third-order valence-corrected chi connectivity index (χ3v) is 4.84. The predicted molar refractivity (Wildman–Crippen MR) is 74.9 cm³/mol. The van der Waals surface area contributed by atoms with Crippen molar-refractivity contribution in [3.63, 3.8) is 0 Å². The molecule has 3 rings (SSSR count). The van der Waals surface area contributed by atoms with Crippen LogP contribution in [0.4, 0.5) is 17.1 Å². The molecule has 0 unspecified atom stereocenters. The molecule has 1 heterocycles. The van der Waals surface area contributed by atoms with Gasteiger partial charge >= 0.3 is 51.4 Å². The van der Waals surface area contributed by atoms with Gasteiger partial charge in [0.05, 0.1) is 15.5 Å². The fourth-order valence-corrected chi connectivity index (χ4v) is 3.63. The van der Waals surface area contributed by atoms with Crippen molar-refractivity contribution in [3.8, 4) is 0 Å². The predicted octanol–water partition coefficient (Wildman–Crippen LogP) is -0.289. The third-order valence-electron chi connectivity index (χ3n) is 2.91. The maximum absolute atomic E-state index is 11.1. The van der Waals surface area contributed by atoms with Crippen LogP contribution in [-0.4, -0.2) is 17.9 Å². The van der Waals surface area contributed by atoms with Crippen molar-refractivity contribution in [3.05, 3.63) is 46.5 Å². The van der Waals surface area contributed by atoms with Crippen molar-refractivity contribution in [2.75, 3.05) is 5.32 Å². The Balaban J connectivity index is 0.00000176. The number of hydrogen-bond donors (Lipinski definition) is 1. The molecule has 0 saturated heterocycles. The number of anilines is 2. The summed E-state index contributed by atoms with van der Waals surface area (Å²) in [6, 6.07) is 9.05. The standard InChI is InChI=1S/C12H8N2O5S2.K/c15-14(16)9-5-7(21(17,18)19)6-11-12(9)13-8-3-1-2-4-10(8)20-11;/h1-6,13H,(H,17,18,19);/q;+1/p-1. The summed E-state index contributed by atoms with van der Waals surface area (Å²) in [6.45, 7) is 0. The molecule has 0 spiro atoms. The monoisotopic (exact) mass is 362 g/mol. The molecule has 108 valence electrons. The molecule has 0 amide bonds. The SMILES string of the molecule is O=[N+]([O-])c1cc(S(=O)(=O)[O-])cc2c1Nc1ccccc1S2.[K+]. The molecule has 0 aliphatic carbocycles. The van der Waals surface area contributed by atoms with Crippen LogP contribution in [-0.2, 0) is 10.1 Å². The van der Waals surface area contributed by atoms with E-state index in [1.807, 2.05) is 0 Å². The van der Waals surface area contributed by atoms with Crippen molar-refractivity contribution in [1.82, 2.24) is 0 Å². The Bertz CT molecular complexity index is 870. The summed E-state index contributed by atoms with van der Waals surface area (Å²) in [4.78, 5) is 10.9. The summed E-state index contributed by atoms with van der Waals surface area (Å²) in [5, 5.41) is 14.0. The molecule has 10 heteroatoms. The van der Waals surface area contributed by atoms with Crippen LogP contribution in [0.25, 0.3) is 0 Å². The van der Waals surface area contributed by atoms with Gasteiger partial charge in [-0.3, -0.25) is 10.1 Å². The Labute approximate surface area is 172 Å². The molecule has 0 saturated carbocycles. The fraction of sp³-hybridized carbons (Fsp3) is 0. The number of nitro benzene ring substituents is 1. The van der Waals surface area contributed by atoms with Crippen molar-refractivity contribution in [2.24, 2.45) is 0 Å². The van der Waals surface area contributed by atoms with Gasteiger partial charge in [-0.15, -0.1) is 0 Å². The average molecular weight is 362 g/mol. The van der Waals surface area contributed by atoms with Gasteiger partial charge < -0.3 is 9.87 Å². The molecule has 0 radical (unpaired) electrons. The maximum atomic E-state index is 11.1. The van der Waals surface area contributed by atoms with E-state index in [0.717, 1.165) is 17.0 Å². The molecule has 1 aliphatic heterocycles. The Kier molecular flexibility index (Phi) is 5.34. The first-order chi connectivity index (χ1) is 9.86. The van der Waals surface area contributed by atoms with Crippen LogP contribution in [0, 0.1) is 10.1 Å². The molecule has 1 N–H and O–H groups in total. The Morgan fingerprint density at radius 2 is 1.82 bits per heavy atom. The Hall–Kier alpha value is -0.464. The molecule has 22 heavy (non-hydrogen) atoms. The van der Waals surface area contributed by atoms with Crippen molar-refractivity contribution in [2.45, 2.75) is 14.7 Å². The van der Waals surface area contributed by atoms with Crippen molar-refractivity contribution in [1.29, 1.82) is 0 Å². The van der Waals surface area contributed by atoms with Crippen molar-refractivity contribution >= 4 is 38.9 Å². The fourth-order valence-electron chi connectivity index (χ4n) is 1.98. The minimum Gasteiger partial charge on any atom is -0.744 e. The van der Waals surface area contributed by atoms with Gasteiger partial charge in [-0.05, 0) is 18.2 Å². The van der Waals surface area contributed by atoms with E-state index in [0.29, 0.717) is 10.6 Å². The van der Waals surface area contributed by atoms with Gasteiger partial charge in [0.15, 0.2) is 0 Å². The summed E-state index contributed by atoms with van der Waals surface area (Å²) in [7, 11) is -4.77. The minimum absolute atomic E-state index is 0. The molecule has 0 bridgehead atoms. The minimum atomic E-state index is -4.77. The number of para-hydroxylation sites is 1. The van der Waals surface area contributed by atoms with Gasteiger partial charge in [0.1, 0.15) is 15.8 Å². The number of benzene rings is 2. The van der Waals surface area contributed by atoms with Gasteiger partial charge in [-0.25, -0.2) is 8.42 Å². The molecule has 0 aromatic heterocycles. The second-order valence-corrected chi connectivity index (χ2v) is 6.71. The largest absolute Gasteiger partial charge is 1.00 e. The summed E-state index contributed by atoms with van der Waals surface area (Å²) >= 11 is 1.17. The Morgan fingerprint density at radius 1 is 1.14 bits per heavy atom. The van der Waals surface area contributed by atoms with Crippen LogP contribution in [0.5, 0.6) is 0 Å². The number of hydrogen-bond acceptors (Lipinski definition) is 7. The first-order valence-electron chi connectivity index (χ1n) is 5.68. The normalized spacial score (nSPS) is 12.4. The summed E-state index contributed by atoms with van der Waals surface area (Å²) in [6.07, 6.45) is 0. The molecule has 2 aromatic rings. The van der Waals surface area contributed by atoms with Crippen LogP contribution in [0.3, 0.4) is 0 Å². The quantitative estimate of drug-likeness (QED) is 0.288. The van der Waals surface area contributed by atoms with Crippen LogP contribution in [0.1, 0.15) is 0 Å². The smallest absolute Gasteiger partial charge is 0.744 e. The molecular weight excluding hydrogens is 355 g/mol. The molecule has 0 atom stereocenters. The molecule has 7 nitrogen and oxygen atoms in total. The number of nitro groups is 1. The van der Waals surface area contributed by atoms with Gasteiger partial charge in [0.25, 0.3) is 5.69 Å². The number of fused-ring (bicyclic) bond motifs is 2. The van der Waals surface area contributed by atoms with Gasteiger partial charge in [-0.2, -0.15) is 0 Å². The molecule has 0 fully saturated rings. The van der Waals surface area contributed by atoms with Crippen LogP contribution >= 0.6 is 11.8 Å². The van der Waals surface area contributed by atoms with E-state index in [-0.39, 0.29) is 57.1 Å². The van der Waals surface area contributed by atoms with Crippen molar-refractivity contribution < 1.29 is 69.3 Å². The number of nitrogens with one attached hydrogen (secondary N) is 1. The average Bonchev–Trinajstić information content (AvgIpc) is 2.42. The molecular formula is C12H7KN2O5S2. The zero-order chi connectivity index (χ0) is 15.2. The maximum Gasteiger partial charge on any atom is 1.00 e. The Morgan fingerprint density at radius 3 is 2.45 bits per heavy atom. The zero-order valence-corrected chi connectivity index (χ0v) is 16.0. The van der Waals surface area contributed by atoms with E-state index >= 15 is 0 Å². The van der Waals surface area contributed by atoms with Crippen LogP contribution < -0.4 is 56.7 Å². The van der Waals surface area contributed by atoms with E-state index in [2.05, 4.69) is 5.32 Å². The van der Waals surface area contributed by atoms with E-state index in [1.54, 1.807) is 24.3 Å². The number of nitrogens with zero attached hydrogens (tertiary/aromatic N) is 1. The van der Waals surface area contributed by atoms with Crippen LogP contribution in [0.2, 0.25) is 0 Å². The van der Waals surface area contributed by atoms with E-state index in [1.165, 1.54) is 11.8 Å². The molecule has 2 aromatic carbocycles. The topological polar surface area (TPSA) is 112 Å². The van der Waals surface area contributed by atoms with E-state index in [4.69, 9.17) is 0 Å². The first-order valence-corrected chi connectivity index (χ1v) is 7.91. The summed E-state index contributed by atoms with van der Waals surface area (Å²) in [5.74, 6) is 0. The van der Waals surface area contributed by atoms with Gasteiger partial charge in [0.2, 0.25) is 0 Å². The summed E-state index contributed by atoms with van der Waals surface area (Å²) < 4.78 is 33.4. The van der Waals surface area contributed by atoms with E-state index < -0.39 is 25.6 Å². The first kappa shape index (κ1) is 17.9. The zero-order valence-electron chi connectivity index (χ0n) is 11.3. The van der Waals surface area contributed by atoms with Gasteiger partial charge in [-0.1, -0.05) is 23.9 Å². The molecule has 1 aliphatic rings. The van der Waals surface area contributed by atoms with E-state index in [9.17, 15) is 23.1 Å². The van der Waals surface area contributed by atoms with Gasteiger partial charge in [0, 0.05) is 15.9 Å².